The Hall–Kier alpha value is -0.900. The Labute approximate surface area is 85.7 Å². The van der Waals surface area contributed by atoms with Crippen LogP contribution in [0.3, 0.4) is 0 Å². The van der Waals surface area contributed by atoms with Gasteiger partial charge in [-0.25, -0.2) is 0 Å². The molecule has 0 aromatic carbocycles. The van der Waals surface area contributed by atoms with E-state index in [9.17, 15) is 9.59 Å². The van der Waals surface area contributed by atoms with Gasteiger partial charge in [0, 0.05) is 0 Å². The zero-order valence-corrected chi connectivity index (χ0v) is 9.30. The van der Waals surface area contributed by atoms with E-state index in [0.29, 0.717) is 6.54 Å². The lowest BCUT2D eigenvalue weighted by atomic mass is 10.3. The van der Waals surface area contributed by atoms with E-state index in [2.05, 4.69) is 12.2 Å². The van der Waals surface area contributed by atoms with Crippen LogP contribution in [0.5, 0.6) is 0 Å². The predicted octanol–water partition coefficient (Wildman–Crippen LogP) is 0.423. The molecular formula is C10H20N2O2. The summed E-state index contributed by atoms with van der Waals surface area (Å²) >= 11 is 0. The average molecular weight is 200 g/mol. The second-order valence-corrected chi connectivity index (χ2v) is 3.57. The SMILES string of the molecule is CCCCN(C)CC(=O)NCC(C)=O. The fourth-order valence-electron chi connectivity index (χ4n) is 1.03. The van der Waals surface area contributed by atoms with Gasteiger partial charge in [-0.15, -0.1) is 0 Å². The maximum Gasteiger partial charge on any atom is 0.234 e. The summed E-state index contributed by atoms with van der Waals surface area (Å²) in [4.78, 5) is 23.8. The van der Waals surface area contributed by atoms with Gasteiger partial charge in [0.1, 0.15) is 5.78 Å². The molecule has 0 fully saturated rings. The van der Waals surface area contributed by atoms with Crippen LogP contribution in [-0.4, -0.2) is 43.3 Å². The van der Waals surface area contributed by atoms with Crippen LogP contribution in [0.4, 0.5) is 0 Å². The van der Waals surface area contributed by atoms with Crippen molar-refractivity contribution < 1.29 is 9.59 Å². The molecule has 0 aromatic heterocycles. The minimum absolute atomic E-state index is 0.0189. The van der Waals surface area contributed by atoms with Crippen molar-refractivity contribution in [2.45, 2.75) is 26.7 Å². The average Bonchev–Trinajstić information content (AvgIpc) is 2.11. The van der Waals surface area contributed by atoms with Crippen molar-refractivity contribution in [3.05, 3.63) is 0 Å². The molecule has 0 aliphatic heterocycles. The maximum atomic E-state index is 11.2. The number of hydrogen-bond donors (Lipinski definition) is 1. The van der Waals surface area contributed by atoms with Gasteiger partial charge >= 0.3 is 0 Å². The van der Waals surface area contributed by atoms with E-state index < -0.39 is 0 Å². The van der Waals surface area contributed by atoms with Crippen molar-refractivity contribution in [3.8, 4) is 0 Å². The molecule has 0 aliphatic carbocycles. The third kappa shape index (κ3) is 7.73. The molecule has 0 saturated carbocycles. The van der Waals surface area contributed by atoms with Crippen LogP contribution in [-0.2, 0) is 9.59 Å². The van der Waals surface area contributed by atoms with Crippen molar-refractivity contribution in [1.82, 2.24) is 10.2 Å². The topological polar surface area (TPSA) is 49.4 Å². The Morgan fingerprint density at radius 1 is 1.36 bits per heavy atom. The van der Waals surface area contributed by atoms with Crippen LogP contribution in [0.25, 0.3) is 0 Å². The number of likely N-dealkylation sites (N-methyl/N-ethyl adjacent to an activating group) is 1. The number of rotatable bonds is 7. The van der Waals surface area contributed by atoms with Crippen LogP contribution < -0.4 is 5.32 Å². The molecule has 0 aromatic rings. The third-order valence-electron chi connectivity index (χ3n) is 1.84. The molecule has 4 nitrogen and oxygen atoms in total. The second-order valence-electron chi connectivity index (χ2n) is 3.57. The number of carbonyl (C=O) groups excluding carboxylic acids is 2. The van der Waals surface area contributed by atoms with Crippen LogP contribution >= 0.6 is 0 Å². The quantitative estimate of drug-likeness (QED) is 0.648. The lowest BCUT2D eigenvalue weighted by molar-refractivity contribution is -0.125. The summed E-state index contributed by atoms with van der Waals surface area (Å²) in [5.74, 6) is -0.103. The number of nitrogens with one attached hydrogen (secondary N) is 1. The van der Waals surface area contributed by atoms with Gasteiger partial charge in [0.15, 0.2) is 0 Å². The Morgan fingerprint density at radius 3 is 2.50 bits per heavy atom. The third-order valence-corrected chi connectivity index (χ3v) is 1.84. The normalized spacial score (nSPS) is 10.3. The summed E-state index contributed by atoms with van der Waals surface area (Å²) < 4.78 is 0. The number of unbranched alkanes of at least 4 members (excludes halogenated alkanes) is 1. The zero-order chi connectivity index (χ0) is 11.0. The first kappa shape index (κ1) is 13.1. The molecular weight excluding hydrogens is 180 g/mol. The van der Waals surface area contributed by atoms with Crippen LogP contribution in [0, 0.1) is 0 Å². The molecule has 0 heterocycles. The van der Waals surface area contributed by atoms with Gasteiger partial charge in [-0.3, -0.25) is 14.5 Å². The first-order chi connectivity index (χ1) is 6.56. The molecule has 0 aliphatic rings. The Morgan fingerprint density at radius 2 is 2.00 bits per heavy atom. The molecule has 0 atom stereocenters. The van der Waals surface area contributed by atoms with Gasteiger partial charge in [-0.2, -0.15) is 0 Å². The summed E-state index contributed by atoms with van der Waals surface area (Å²) in [5.41, 5.74) is 0. The van der Waals surface area contributed by atoms with E-state index in [0.717, 1.165) is 19.4 Å². The van der Waals surface area contributed by atoms with Crippen molar-refractivity contribution in [2.75, 3.05) is 26.7 Å². The minimum atomic E-state index is -0.0844. The first-order valence-electron chi connectivity index (χ1n) is 5.01. The van der Waals surface area contributed by atoms with Crippen LogP contribution in [0.2, 0.25) is 0 Å². The largest absolute Gasteiger partial charge is 0.348 e. The molecule has 0 saturated heterocycles. The van der Waals surface area contributed by atoms with E-state index in [1.165, 1.54) is 6.92 Å². The van der Waals surface area contributed by atoms with Gasteiger partial charge in [0.25, 0.3) is 0 Å². The smallest absolute Gasteiger partial charge is 0.234 e. The molecule has 0 unspecified atom stereocenters. The predicted molar refractivity (Wildman–Crippen MR) is 56.1 cm³/mol. The number of ketones is 1. The van der Waals surface area contributed by atoms with Crippen molar-refractivity contribution in [1.29, 1.82) is 0 Å². The number of nitrogens with zero attached hydrogens (tertiary/aromatic N) is 1. The van der Waals surface area contributed by atoms with Crippen LogP contribution in [0.1, 0.15) is 26.7 Å². The maximum absolute atomic E-state index is 11.2. The second kappa shape index (κ2) is 7.50. The monoisotopic (exact) mass is 200 g/mol. The molecule has 82 valence electrons. The summed E-state index contributed by atoms with van der Waals surface area (Å²) in [6.45, 7) is 5.00. The van der Waals surface area contributed by atoms with E-state index in [-0.39, 0.29) is 18.2 Å². The summed E-state index contributed by atoms with van der Waals surface area (Å²) in [6, 6.07) is 0. The molecule has 14 heavy (non-hydrogen) atoms. The highest BCUT2D eigenvalue weighted by molar-refractivity contribution is 5.85. The summed E-state index contributed by atoms with van der Waals surface area (Å²) in [6.07, 6.45) is 2.22. The van der Waals surface area contributed by atoms with Crippen LogP contribution in [0.15, 0.2) is 0 Å². The van der Waals surface area contributed by atoms with Crippen molar-refractivity contribution >= 4 is 11.7 Å². The van der Waals surface area contributed by atoms with E-state index in [4.69, 9.17) is 0 Å². The summed E-state index contributed by atoms with van der Waals surface area (Å²) in [5, 5.41) is 2.56. The van der Waals surface area contributed by atoms with E-state index >= 15 is 0 Å². The number of hydrogen-bond acceptors (Lipinski definition) is 3. The molecule has 4 heteroatoms. The number of Topliss-reactive ketones (excluding diaryl/α,β-unsaturated/α-hetero) is 1. The standard InChI is InChI=1S/C10H20N2O2/c1-4-5-6-12(3)8-10(14)11-7-9(2)13/h4-8H2,1-3H3,(H,11,14). The Balaban J connectivity index is 3.55. The number of carbonyl (C=O) groups is 2. The summed E-state index contributed by atoms with van der Waals surface area (Å²) in [7, 11) is 1.91. The molecule has 1 N–H and O–H groups in total. The zero-order valence-electron chi connectivity index (χ0n) is 9.30. The van der Waals surface area contributed by atoms with Crippen molar-refractivity contribution in [2.24, 2.45) is 0 Å². The van der Waals surface area contributed by atoms with E-state index in [1.54, 1.807) is 0 Å². The molecule has 0 spiro atoms. The molecule has 0 radical (unpaired) electrons. The van der Waals surface area contributed by atoms with E-state index in [1.807, 2.05) is 11.9 Å². The van der Waals surface area contributed by atoms with Gasteiger partial charge in [0.05, 0.1) is 13.1 Å². The highest BCUT2D eigenvalue weighted by atomic mass is 16.2. The minimum Gasteiger partial charge on any atom is -0.348 e. The molecule has 0 bridgehead atoms. The Kier molecular flexibility index (Phi) is 7.02. The van der Waals surface area contributed by atoms with Gasteiger partial charge < -0.3 is 5.32 Å². The molecule has 1 amide bonds. The lowest BCUT2D eigenvalue weighted by Gasteiger charge is -2.15. The first-order valence-corrected chi connectivity index (χ1v) is 5.01. The number of amides is 1. The lowest BCUT2D eigenvalue weighted by Crippen LogP contribution is -2.37. The fraction of sp³-hybridized carbons (Fsp3) is 0.800. The fourth-order valence-corrected chi connectivity index (χ4v) is 1.03. The van der Waals surface area contributed by atoms with Gasteiger partial charge in [-0.1, -0.05) is 13.3 Å². The van der Waals surface area contributed by atoms with Gasteiger partial charge in [-0.05, 0) is 26.9 Å². The highest BCUT2D eigenvalue weighted by Gasteiger charge is 2.05. The highest BCUT2D eigenvalue weighted by Crippen LogP contribution is 1.90. The molecule has 0 rings (SSSR count). The van der Waals surface area contributed by atoms with Crippen molar-refractivity contribution in [3.63, 3.8) is 0 Å². The Bertz CT molecular complexity index is 193. The van der Waals surface area contributed by atoms with Gasteiger partial charge in [0.2, 0.25) is 5.91 Å².